The van der Waals surface area contributed by atoms with Gasteiger partial charge >= 0.3 is 11.9 Å². The molecule has 1 saturated carbocycles. The topological polar surface area (TPSA) is 113 Å². The number of carbonyl (C=O) groups is 2. The highest BCUT2D eigenvalue weighted by molar-refractivity contribution is 5.89. The fourth-order valence-electron chi connectivity index (χ4n) is 3.14. The fourth-order valence-corrected chi connectivity index (χ4v) is 3.14. The first-order chi connectivity index (χ1) is 14.0. The molecule has 29 heavy (non-hydrogen) atoms. The zero-order valence-corrected chi connectivity index (χ0v) is 16.5. The number of unbranched alkanes of at least 4 members (excludes halogenated alkanes) is 1. The van der Waals surface area contributed by atoms with Gasteiger partial charge in [-0.25, -0.2) is 14.1 Å². The molecule has 2 aromatic heterocycles. The van der Waals surface area contributed by atoms with Crippen LogP contribution in [0.15, 0.2) is 42.6 Å². The summed E-state index contributed by atoms with van der Waals surface area (Å²) in [6, 6.07) is 8.77. The molecular weight excluding hydrogens is 374 g/mol. The first kappa shape index (κ1) is 22.4. The zero-order chi connectivity index (χ0) is 20.9. The number of carboxylic acids is 2. The van der Waals surface area contributed by atoms with Crippen LogP contribution in [-0.2, 0) is 9.59 Å². The molecule has 8 heteroatoms. The smallest absolute Gasteiger partial charge is 0.328 e. The molecule has 0 saturated heterocycles. The number of pyridine rings is 1. The van der Waals surface area contributed by atoms with Gasteiger partial charge in [-0.15, -0.1) is 5.10 Å². The van der Waals surface area contributed by atoms with Gasteiger partial charge in [-0.05, 0) is 44.4 Å². The highest BCUT2D eigenvalue weighted by Gasteiger charge is 2.11. The number of hydrogen-bond acceptors (Lipinski definition) is 5. The summed E-state index contributed by atoms with van der Waals surface area (Å²) in [5.41, 5.74) is 1.08. The molecule has 1 aliphatic rings. The lowest BCUT2D eigenvalue weighted by Gasteiger charge is -2.22. The third-order valence-corrected chi connectivity index (χ3v) is 4.58. The van der Waals surface area contributed by atoms with E-state index in [0.717, 1.165) is 37.0 Å². The number of hydrogen-bond donors (Lipinski definition) is 3. The van der Waals surface area contributed by atoms with Gasteiger partial charge < -0.3 is 20.3 Å². The van der Waals surface area contributed by atoms with Crippen molar-refractivity contribution in [2.24, 2.45) is 0 Å². The Bertz CT molecular complexity index is 747. The van der Waals surface area contributed by atoms with E-state index in [1.54, 1.807) is 0 Å². The number of nitrogens with one attached hydrogen (secondary N) is 1. The highest BCUT2D eigenvalue weighted by Crippen LogP contribution is 2.17. The largest absolute Gasteiger partial charge is 0.478 e. The van der Waals surface area contributed by atoms with E-state index in [1.807, 2.05) is 35.0 Å². The van der Waals surface area contributed by atoms with Crippen molar-refractivity contribution >= 4 is 17.5 Å². The minimum atomic E-state index is -1.26. The molecule has 0 aliphatic heterocycles. The van der Waals surface area contributed by atoms with Crippen molar-refractivity contribution in [2.45, 2.75) is 51.0 Å². The van der Waals surface area contributed by atoms with Gasteiger partial charge in [0.2, 0.25) is 5.88 Å². The summed E-state index contributed by atoms with van der Waals surface area (Å²) in [4.78, 5) is 19.1. The molecule has 158 valence electrons. The van der Waals surface area contributed by atoms with Crippen LogP contribution in [0.2, 0.25) is 0 Å². The van der Waals surface area contributed by atoms with Crippen LogP contribution in [0.1, 0.15) is 44.9 Å². The Kier molecular flexibility index (Phi) is 9.71. The predicted octanol–water partition coefficient (Wildman–Crippen LogP) is 3.13. The van der Waals surface area contributed by atoms with Crippen molar-refractivity contribution in [3.63, 3.8) is 0 Å². The van der Waals surface area contributed by atoms with Gasteiger partial charge in [0.05, 0.1) is 12.1 Å². The molecule has 8 nitrogen and oxygen atoms in total. The van der Waals surface area contributed by atoms with Crippen molar-refractivity contribution in [2.75, 3.05) is 13.2 Å². The Balaban J connectivity index is 0.000000321. The van der Waals surface area contributed by atoms with E-state index in [1.165, 1.54) is 38.5 Å². The lowest BCUT2D eigenvalue weighted by Crippen LogP contribution is -2.31. The number of nitrogens with zero attached hydrogens (tertiary/aromatic N) is 2. The summed E-state index contributed by atoms with van der Waals surface area (Å²) in [5.74, 6) is -1.79. The van der Waals surface area contributed by atoms with E-state index < -0.39 is 11.9 Å². The molecule has 0 amide bonds. The summed E-state index contributed by atoms with van der Waals surface area (Å²) in [7, 11) is 0. The molecule has 0 unspecified atom stereocenters. The Morgan fingerprint density at radius 1 is 1.14 bits per heavy atom. The average molecular weight is 403 g/mol. The van der Waals surface area contributed by atoms with Crippen LogP contribution >= 0.6 is 0 Å². The molecule has 1 fully saturated rings. The number of aliphatic carboxylic acids is 2. The number of ether oxygens (including phenoxy) is 1. The highest BCUT2D eigenvalue weighted by atomic mass is 16.5. The Hall–Kier alpha value is -2.87. The van der Waals surface area contributed by atoms with Crippen LogP contribution < -0.4 is 10.1 Å². The van der Waals surface area contributed by atoms with Crippen LogP contribution in [-0.4, -0.2) is 51.0 Å². The maximum Gasteiger partial charge on any atom is 0.328 e. The van der Waals surface area contributed by atoms with Gasteiger partial charge in [-0.1, -0.05) is 25.3 Å². The van der Waals surface area contributed by atoms with Crippen LogP contribution in [0.4, 0.5) is 0 Å². The molecule has 2 heterocycles. The molecule has 0 spiro atoms. The average Bonchev–Trinajstić information content (AvgIpc) is 3.13. The molecule has 2 aromatic rings. The molecule has 1 aliphatic carbocycles. The van der Waals surface area contributed by atoms with Crippen LogP contribution in [0.3, 0.4) is 0 Å². The molecule has 3 rings (SSSR count). The van der Waals surface area contributed by atoms with Crippen molar-refractivity contribution in [1.29, 1.82) is 0 Å². The summed E-state index contributed by atoms with van der Waals surface area (Å²) in [5, 5.41) is 23.7. The van der Waals surface area contributed by atoms with Crippen LogP contribution in [0.5, 0.6) is 5.88 Å². The molecule has 0 aromatic carbocycles. The van der Waals surface area contributed by atoms with Crippen molar-refractivity contribution in [1.82, 2.24) is 14.9 Å². The monoisotopic (exact) mass is 403 g/mol. The van der Waals surface area contributed by atoms with E-state index in [2.05, 4.69) is 10.4 Å². The minimum Gasteiger partial charge on any atom is -0.478 e. The quantitative estimate of drug-likeness (QED) is 0.435. The maximum atomic E-state index is 9.55. The standard InChI is InChI=1S/C17H25N3O.C4H4O4/c1-2-8-15(9-3-1)18-11-5-7-13-21-17-14-16-10-4-6-12-20(16)19-17;5-3(6)1-2-4(7)8/h4,6,10,12,14-15,18H,1-3,5,7-9,11,13H2;1-2H,(H,5,6)(H,7,8). The van der Waals surface area contributed by atoms with E-state index in [4.69, 9.17) is 14.9 Å². The van der Waals surface area contributed by atoms with Gasteiger partial charge in [0.1, 0.15) is 0 Å². The lowest BCUT2D eigenvalue weighted by atomic mass is 9.95. The lowest BCUT2D eigenvalue weighted by molar-refractivity contribution is -0.134. The predicted molar refractivity (Wildman–Crippen MR) is 109 cm³/mol. The second-order valence-electron chi connectivity index (χ2n) is 6.91. The Morgan fingerprint density at radius 3 is 2.52 bits per heavy atom. The first-order valence-electron chi connectivity index (χ1n) is 9.99. The van der Waals surface area contributed by atoms with E-state index in [0.29, 0.717) is 12.2 Å². The SMILES string of the molecule is O=C(O)C=CC(=O)O.c1ccn2nc(OCCCCNC3CCCCC3)cc2c1. The molecule has 3 N–H and O–H groups in total. The normalized spacial score (nSPS) is 14.5. The number of carboxylic acid groups (broad SMARTS) is 2. The van der Waals surface area contributed by atoms with Gasteiger partial charge in [-0.2, -0.15) is 0 Å². The van der Waals surface area contributed by atoms with Gasteiger partial charge in [0.25, 0.3) is 0 Å². The molecular formula is C21H29N3O5. The minimum absolute atomic E-state index is 0.558. The number of fused-ring (bicyclic) bond motifs is 1. The zero-order valence-electron chi connectivity index (χ0n) is 16.5. The van der Waals surface area contributed by atoms with Crippen molar-refractivity contribution in [3.8, 4) is 5.88 Å². The third-order valence-electron chi connectivity index (χ3n) is 4.58. The van der Waals surface area contributed by atoms with E-state index >= 15 is 0 Å². The third kappa shape index (κ3) is 9.25. The Labute approximate surface area is 170 Å². The van der Waals surface area contributed by atoms with Gasteiger partial charge in [0, 0.05) is 30.5 Å². The van der Waals surface area contributed by atoms with E-state index in [9.17, 15) is 9.59 Å². The summed E-state index contributed by atoms with van der Waals surface area (Å²) < 4.78 is 7.57. The Morgan fingerprint density at radius 2 is 1.86 bits per heavy atom. The molecule has 0 atom stereocenters. The maximum absolute atomic E-state index is 9.55. The summed E-state index contributed by atoms with van der Waals surface area (Å²) >= 11 is 0. The summed E-state index contributed by atoms with van der Waals surface area (Å²) in [6.45, 7) is 1.86. The van der Waals surface area contributed by atoms with Crippen molar-refractivity contribution in [3.05, 3.63) is 42.6 Å². The van der Waals surface area contributed by atoms with Crippen LogP contribution in [0.25, 0.3) is 5.52 Å². The second-order valence-corrected chi connectivity index (χ2v) is 6.91. The van der Waals surface area contributed by atoms with Crippen molar-refractivity contribution < 1.29 is 24.5 Å². The number of aromatic nitrogens is 2. The second kappa shape index (κ2) is 12.6. The van der Waals surface area contributed by atoms with Gasteiger partial charge in [-0.3, -0.25) is 0 Å². The molecule has 0 radical (unpaired) electrons. The first-order valence-corrected chi connectivity index (χ1v) is 9.99. The number of rotatable bonds is 9. The molecule has 0 bridgehead atoms. The summed E-state index contributed by atoms with van der Waals surface area (Å²) in [6.07, 6.45) is 12.2. The van der Waals surface area contributed by atoms with E-state index in [-0.39, 0.29) is 0 Å². The van der Waals surface area contributed by atoms with Crippen LogP contribution in [0, 0.1) is 0 Å². The van der Waals surface area contributed by atoms with Gasteiger partial charge in [0.15, 0.2) is 0 Å². The fraction of sp³-hybridized carbons (Fsp3) is 0.476.